The predicted octanol–water partition coefficient (Wildman–Crippen LogP) is 4.83. The molecule has 0 aromatic heterocycles. The van der Waals surface area contributed by atoms with Gasteiger partial charge in [-0.05, 0) is 42.3 Å². The Labute approximate surface area is 134 Å². The summed E-state index contributed by atoms with van der Waals surface area (Å²) >= 11 is 9.42. The molecule has 0 saturated heterocycles. The second-order valence-corrected chi connectivity index (χ2v) is 5.76. The molecule has 0 fully saturated rings. The fourth-order valence-corrected chi connectivity index (χ4v) is 2.87. The van der Waals surface area contributed by atoms with Gasteiger partial charge in [0, 0.05) is 4.47 Å². The van der Waals surface area contributed by atoms with Crippen LogP contribution in [0.25, 0.3) is 0 Å². The molecule has 2 aromatic rings. The Balaban J connectivity index is 2.17. The standard InChI is InChI=1S/C15H11BrClFO3/c1-8-4-10(16)6-12(17)14(8)21-7-9-2-3-11(15(19)20)13(18)5-9/h2-6H,7H2,1H3,(H,19,20). The maximum Gasteiger partial charge on any atom is 0.338 e. The van der Waals surface area contributed by atoms with Gasteiger partial charge in [-0.2, -0.15) is 0 Å². The lowest BCUT2D eigenvalue weighted by Crippen LogP contribution is -2.03. The van der Waals surface area contributed by atoms with E-state index in [9.17, 15) is 9.18 Å². The van der Waals surface area contributed by atoms with E-state index >= 15 is 0 Å². The molecule has 0 heterocycles. The lowest BCUT2D eigenvalue weighted by molar-refractivity contribution is 0.0692. The highest BCUT2D eigenvalue weighted by Crippen LogP contribution is 2.32. The highest BCUT2D eigenvalue weighted by Gasteiger charge is 2.12. The van der Waals surface area contributed by atoms with Crippen LogP contribution in [0.2, 0.25) is 5.02 Å². The van der Waals surface area contributed by atoms with Gasteiger partial charge < -0.3 is 9.84 Å². The fourth-order valence-electron chi connectivity index (χ4n) is 1.85. The van der Waals surface area contributed by atoms with Gasteiger partial charge in [0.1, 0.15) is 18.2 Å². The Morgan fingerprint density at radius 1 is 1.38 bits per heavy atom. The van der Waals surface area contributed by atoms with Crippen molar-refractivity contribution in [1.29, 1.82) is 0 Å². The number of ether oxygens (including phenoxy) is 1. The Kier molecular flexibility index (Phi) is 4.85. The first-order valence-electron chi connectivity index (χ1n) is 5.98. The van der Waals surface area contributed by atoms with Crippen molar-refractivity contribution in [2.45, 2.75) is 13.5 Å². The minimum Gasteiger partial charge on any atom is -0.487 e. The molecule has 0 radical (unpaired) electrons. The first-order valence-corrected chi connectivity index (χ1v) is 7.15. The third-order valence-electron chi connectivity index (χ3n) is 2.84. The van der Waals surface area contributed by atoms with Gasteiger partial charge in [0.15, 0.2) is 0 Å². The molecular weight excluding hydrogens is 363 g/mol. The van der Waals surface area contributed by atoms with Crippen LogP contribution in [-0.4, -0.2) is 11.1 Å². The van der Waals surface area contributed by atoms with Crippen molar-refractivity contribution in [2.75, 3.05) is 0 Å². The van der Waals surface area contributed by atoms with Crippen molar-refractivity contribution in [1.82, 2.24) is 0 Å². The molecule has 0 spiro atoms. The first-order chi connectivity index (χ1) is 9.88. The van der Waals surface area contributed by atoms with Gasteiger partial charge in [0.25, 0.3) is 0 Å². The van der Waals surface area contributed by atoms with Crippen molar-refractivity contribution in [3.63, 3.8) is 0 Å². The molecule has 0 aliphatic carbocycles. The van der Waals surface area contributed by atoms with E-state index in [1.807, 2.05) is 13.0 Å². The molecule has 0 bridgehead atoms. The summed E-state index contributed by atoms with van der Waals surface area (Å²) in [7, 11) is 0. The molecular formula is C15H11BrClFO3. The van der Waals surface area contributed by atoms with Gasteiger partial charge in [0.2, 0.25) is 0 Å². The Hall–Kier alpha value is -1.59. The maximum absolute atomic E-state index is 13.6. The average molecular weight is 374 g/mol. The lowest BCUT2D eigenvalue weighted by atomic mass is 10.1. The smallest absolute Gasteiger partial charge is 0.338 e. The van der Waals surface area contributed by atoms with Crippen molar-refractivity contribution >= 4 is 33.5 Å². The minimum absolute atomic E-state index is 0.0962. The van der Waals surface area contributed by atoms with Gasteiger partial charge in [0.05, 0.1) is 10.6 Å². The number of aryl methyl sites for hydroxylation is 1. The molecule has 2 rings (SSSR count). The summed E-state index contributed by atoms with van der Waals surface area (Å²) in [6.45, 7) is 1.94. The molecule has 21 heavy (non-hydrogen) atoms. The van der Waals surface area contributed by atoms with Crippen LogP contribution in [-0.2, 0) is 6.61 Å². The molecule has 6 heteroatoms. The Morgan fingerprint density at radius 3 is 2.67 bits per heavy atom. The molecule has 0 unspecified atom stereocenters. The average Bonchev–Trinajstić information content (AvgIpc) is 2.36. The molecule has 0 atom stereocenters. The van der Waals surface area contributed by atoms with E-state index in [1.165, 1.54) is 12.1 Å². The Morgan fingerprint density at radius 2 is 2.10 bits per heavy atom. The number of carboxylic acid groups (broad SMARTS) is 1. The molecule has 2 aromatic carbocycles. The summed E-state index contributed by atoms with van der Waals surface area (Å²) in [6, 6.07) is 7.43. The van der Waals surface area contributed by atoms with Gasteiger partial charge in [-0.3, -0.25) is 0 Å². The predicted molar refractivity (Wildman–Crippen MR) is 81.6 cm³/mol. The number of rotatable bonds is 4. The largest absolute Gasteiger partial charge is 0.487 e. The van der Waals surface area contributed by atoms with Gasteiger partial charge in [-0.25, -0.2) is 9.18 Å². The second kappa shape index (κ2) is 6.45. The van der Waals surface area contributed by atoms with Crippen LogP contribution in [0, 0.1) is 12.7 Å². The normalized spacial score (nSPS) is 10.5. The third-order valence-corrected chi connectivity index (χ3v) is 3.58. The summed E-state index contributed by atoms with van der Waals surface area (Å²) in [6.07, 6.45) is 0. The summed E-state index contributed by atoms with van der Waals surface area (Å²) in [5.41, 5.74) is 1.00. The quantitative estimate of drug-likeness (QED) is 0.835. The highest BCUT2D eigenvalue weighted by atomic mass is 79.9. The van der Waals surface area contributed by atoms with Gasteiger partial charge in [-0.1, -0.05) is 33.6 Å². The van der Waals surface area contributed by atoms with E-state index in [2.05, 4.69) is 15.9 Å². The van der Waals surface area contributed by atoms with Crippen LogP contribution in [0.1, 0.15) is 21.5 Å². The maximum atomic E-state index is 13.6. The summed E-state index contributed by atoms with van der Waals surface area (Å²) < 4.78 is 20.0. The van der Waals surface area contributed by atoms with Crippen molar-refractivity contribution < 1.29 is 19.0 Å². The molecule has 1 N–H and O–H groups in total. The molecule has 0 saturated carbocycles. The monoisotopic (exact) mass is 372 g/mol. The third kappa shape index (κ3) is 3.74. The number of hydrogen-bond acceptors (Lipinski definition) is 2. The zero-order valence-electron chi connectivity index (χ0n) is 11.0. The molecule has 0 amide bonds. The van der Waals surface area contributed by atoms with Gasteiger partial charge in [-0.15, -0.1) is 0 Å². The van der Waals surface area contributed by atoms with Crippen LogP contribution in [0.15, 0.2) is 34.8 Å². The van der Waals surface area contributed by atoms with Crippen LogP contribution in [0.3, 0.4) is 0 Å². The summed E-state index contributed by atoms with van der Waals surface area (Å²) in [5.74, 6) is -1.57. The fraction of sp³-hybridized carbons (Fsp3) is 0.133. The minimum atomic E-state index is -1.30. The highest BCUT2D eigenvalue weighted by molar-refractivity contribution is 9.10. The van der Waals surface area contributed by atoms with Crippen molar-refractivity contribution in [2.24, 2.45) is 0 Å². The van der Waals surface area contributed by atoms with Crippen molar-refractivity contribution in [3.05, 3.63) is 62.3 Å². The van der Waals surface area contributed by atoms with E-state index < -0.39 is 11.8 Å². The molecule has 110 valence electrons. The summed E-state index contributed by atoms with van der Waals surface area (Å²) in [5, 5.41) is 9.22. The number of benzene rings is 2. The van der Waals surface area contributed by atoms with E-state index in [1.54, 1.807) is 6.07 Å². The topological polar surface area (TPSA) is 46.5 Å². The number of carbonyl (C=O) groups is 1. The first kappa shape index (κ1) is 15.8. The van der Waals surface area contributed by atoms with E-state index in [0.29, 0.717) is 16.3 Å². The van der Waals surface area contributed by atoms with E-state index in [-0.39, 0.29) is 12.2 Å². The van der Waals surface area contributed by atoms with Crippen LogP contribution >= 0.6 is 27.5 Å². The van der Waals surface area contributed by atoms with Crippen LogP contribution < -0.4 is 4.74 Å². The molecule has 0 aliphatic rings. The number of carboxylic acids is 1. The number of aromatic carboxylic acids is 1. The number of halogens is 3. The number of hydrogen-bond donors (Lipinski definition) is 1. The summed E-state index contributed by atoms with van der Waals surface area (Å²) in [4.78, 5) is 10.7. The van der Waals surface area contributed by atoms with Gasteiger partial charge >= 0.3 is 5.97 Å². The zero-order chi connectivity index (χ0) is 15.6. The molecule has 0 aliphatic heterocycles. The van der Waals surface area contributed by atoms with E-state index in [0.717, 1.165) is 16.1 Å². The van der Waals surface area contributed by atoms with Crippen LogP contribution in [0.4, 0.5) is 4.39 Å². The molecule has 3 nitrogen and oxygen atoms in total. The SMILES string of the molecule is Cc1cc(Br)cc(Cl)c1OCc1ccc(C(=O)O)c(F)c1. The lowest BCUT2D eigenvalue weighted by Gasteiger charge is -2.12. The second-order valence-electron chi connectivity index (χ2n) is 4.44. The Bertz CT molecular complexity index is 680. The van der Waals surface area contributed by atoms with E-state index in [4.69, 9.17) is 21.4 Å². The van der Waals surface area contributed by atoms with Crippen LogP contribution in [0.5, 0.6) is 5.75 Å². The van der Waals surface area contributed by atoms with Crippen molar-refractivity contribution in [3.8, 4) is 5.75 Å². The zero-order valence-corrected chi connectivity index (χ0v) is 13.3.